The van der Waals surface area contributed by atoms with Crippen molar-refractivity contribution in [3.05, 3.63) is 115 Å². The van der Waals surface area contributed by atoms with Crippen molar-refractivity contribution < 1.29 is 13.2 Å². The van der Waals surface area contributed by atoms with Gasteiger partial charge in [0, 0.05) is 16.5 Å². The van der Waals surface area contributed by atoms with E-state index in [1.807, 2.05) is 91.0 Å². The molecular weight excluding hydrogens is 447 g/mol. The van der Waals surface area contributed by atoms with E-state index in [0.29, 0.717) is 11.0 Å². The molecule has 0 unspecified atom stereocenters. The fourth-order valence-electron chi connectivity index (χ4n) is 4.46. The highest BCUT2D eigenvalue weighted by Gasteiger charge is 2.31. The summed E-state index contributed by atoms with van der Waals surface area (Å²) in [7, 11) is 0. The molecule has 0 spiro atoms. The van der Waals surface area contributed by atoms with Crippen molar-refractivity contribution in [1.82, 2.24) is 14.8 Å². The van der Waals surface area contributed by atoms with Gasteiger partial charge in [-0.15, -0.1) is 0 Å². The molecule has 35 heavy (non-hydrogen) atoms. The largest absolute Gasteiger partial charge is 0.416 e. The third kappa shape index (κ3) is 3.64. The van der Waals surface area contributed by atoms with Gasteiger partial charge in [-0.1, -0.05) is 84.9 Å². The third-order valence-electron chi connectivity index (χ3n) is 6.04. The molecule has 0 aliphatic carbocycles. The monoisotopic (exact) mass is 465 g/mol. The van der Waals surface area contributed by atoms with Gasteiger partial charge in [-0.05, 0) is 29.8 Å². The first-order valence-electron chi connectivity index (χ1n) is 11.1. The number of fused-ring (bicyclic) bond motifs is 2. The van der Waals surface area contributed by atoms with Crippen LogP contribution in [0.2, 0.25) is 0 Å². The van der Waals surface area contributed by atoms with Crippen molar-refractivity contribution in [2.75, 3.05) is 0 Å². The standard InChI is InChI=1S/C29H18F3N3/c30-29(31,32)21-16-17-23-24(18-21)33-28-26(25(23)19-10-4-1-5-11-19)27(20-12-6-2-7-13-20)34-35(28)22-14-8-3-9-15-22/h1-18H. The Balaban J connectivity index is 1.81. The molecular formula is C29H18F3N3. The van der Waals surface area contributed by atoms with Gasteiger partial charge in [-0.3, -0.25) is 0 Å². The smallest absolute Gasteiger partial charge is 0.228 e. The van der Waals surface area contributed by atoms with Crippen LogP contribution in [0.1, 0.15) is 5.56 Å². The molecule has 3 nitrogen and oxygen atoms in total. The molecule has 4 aromatic carbocycles. The highest BCUT2D eigenvalue weighted by molar-refractivity contribution is 6.13. The Hall–Kier alpha value is -4.45. The number of hydrogen-bond donors (Lipinski definition) is 0. The molecule has 2 heterocycles. The number of rotatable bonds is 3. The molecule has 2 aromatic heterocycles. The van der Waals surface area contributed by atoms with E-state index >= 15 is 0 Å². The van der Waals surface area contributed by atoms with E-state index in [1.165, 1.54) is 6.07 Å². The average Bonchev–Trinajstić information content (AvgIpc) is 3.27. The van der Waals surface area contributed by atoms with Crippen LogP contribution >= 0.6 is 0 Å². The Labute approximate surface area is 199 Å². The van der Waals surface area contributed by atoms with E-state index < -0.39 is 11.7 Å². The van der Waals surface area contributed by atoms with E-state index in [-0.39, 0.29) is 5.52 Å². The summed E-state index contributed by atoms with van der Waals surface area (Å²) in [5.41, 5.74) is 4.12. The summed E-state index contributed by atoms with van der Waals surface area (Å²) in [5.74, 6) is 0. The molecule has 6 heteroatoms. The molecule has 0 atom stereocenters. The van der Waals surface area contributed by atoms with Crippen LogP contribution in [0.4, 0.5) is 13.2 Å². The van der Waals surface area contributed by atoms with Crippen LogP contribution in [-0.2, 0) is 6.18 Å². The van der Waals surface area contributed by atoms with Gasteiger partial charge >= 0.3 is 6.18 Å². The van der Waals surface area contributed by atoms with E-state index in [4.69, 9.17) is 10.1 Å². The Morgan fingerprint density at radius 2 is 1.26 bits per heavy atom. The molecule has 0 aliphatic rings. The maximum absolute atomic E-state index is 13.6. The average molecular weight is 465 g/mol. The summed E-state index contributed by atoms with van der Waals surface area (Å²) in [4.78, 5) is 4.76. The van der Waals surface area contributed by atoms with Crippen LogP contribution in [0, 0.1) is 0 Å². The maximum atomic E-state index is 13.6. The number of hydrogen-bond acceptors (Lipinski definition) is 2. The lowest BCUT2D eigenvalue weighted by Gasteiger charge is -2.13. The number of alkyl halides is 3. The first-order chi connectivity index (χ1) is 17.0. The lowest BCUT2D eigenvalue weighted by Crippen LogP contribution is -2.05. The van der Waals surface area contributed by atoms with E-state index in [2.05, 4.69) is 0 Å². The first kappa shape index (κ1) is 21.1. The number of halogens is 3. The number of aromatic nitrogens is 3. The summed E-state index contributed by atoms with van der Waals surface area (Å²) in [6.45, 7) is 0. The van der Waals surface area contributed by atoms with E-state index in [9.17, 15) is 13.2 Å². The topological polar surface area (TPSA) is 30.7 Å². The molecule has 0 aliphatic heterocycles. The lowest BCUT2D eigenvalue weighted by atomic mass is 9.94. The summed E-state index contributed by atoms with van der Waals surface area (Å²) < 4.78 is 42.4. The quantitative estimate of drug-likeness (QED) is 0.266. The summed E-state index contributed by atoms with van der Waals surface area (Å²) >= 11 is 0. The van der Waals surface area contributed by atoms with Gasteiger partial charge in [-0.2, -0.15) is 18.3 Å². The van der Waals surface area contributed by atoms with E-state index in [0.717, 1.165) is 45.6 Å². The van der Waals surface area contributed by atoms with Gasteiger partial charge in [0.1, 0.15) is 5.69 Å². The van der Waals surface area contributed by atoms with Crippen LogP contribution in [0.5, 0.6) is 0 Å². The predicted molar refractivity (Wildman–Crippen MR) is 132 cm³/mol. The van der Waals surface area contributed by atoms with E-state index in [1.54, 1.807) is 4.68 Å². The SMILES string of the molecule is FC(F)(F)c1ccc2c(-c3ccccc3)c3c(-c4ccccc4)nn(-c4ccccc4)c3nc2c1. The Morgan fingerprint density at radius 1 is 0.657 bits per heavy atom. The Morgan fingerprint density at radius 3 is 1.89 bits per heavy atom. The first-order valence-corrected chi connectivity index (χ1v) is 11.1. The minimum Gasteiger partial charge on any atom is -0.228 e. The highest BCUT2D eigenvalue weighted by atomic mass is 19.4. The van der Waals surface area contributed by atoms with Gasteiger partial charge < -0.3 is 0 Å². The third-order valence-corrected chi connectivity index (χ3v) is 6.04. The Kier molecular flexibility index (Phi) is 4.88. The van der Waals surface area contributed by atoms with Crippen molar-refractivity contribution in [1.29, 1.82) is 0 Å². The Bertz CT molecular complexity index is 1660. The predicted octanol–water partition coefficient (Wildman–Crippen LogP) is 7.93. The van der Waals surface area contributed by atoms with Crippen LogP contribution in [0.15, 0.2) is 109 Å². The molecule has 6 aromatic rings. The highest BCUT2D eigenvalue weighted by Crippen LogP contribution is 2.42. The molecule has 0 bridgehead atoms. The van der Waals surface area contributed by atoms with Gasteiger partial charge in [0.2, 0.25) is 0 Å². The van der Waals surface area contributed by atoms with Crippen LogP contribution in [0.25, 0.3) is 50.0 Å². The summed E-state index contributed by atoms with van der Waals surface area (Å²) in [6, 6.07) is 32.7. The fourth-order valence-corrected chi connectivity index (χ4v) is 4.46. The summed E-state index contributed by atoms with van der Waals surface area (Å²) in [6.07, 6.45) is -4.47. The van der Waals surface area contributed by atoms with Crippen LogP contribution in [0.3, 0.4) is 0 Å². The van der Waals surface area contributed by atoms with Gasteiger partial charge in [0.05, 0.1) is 22.2 Å². The lowest BCUT2D eigenvalue weighted by molar-refractivity contribution is -0.137. The molecule has 0 fully saturated rings. The van der Waals surface area contributed by atoms with Crippen molar-refractivity contribution in [3.63, 3.8) is 0 Å². The van der Waals surface area contributed by atoms with Gasteiger partial charge in [-0.25, -0.2) is 9.67 Å². The second-order valence-electron chi connectivity index (χ2n) is 8.24. The maximum Gasteiger partial charge on any atom is 0.416 e. The van der Waals surface area contributed by atoms with Crippen molar-refractivity contribution >= 4 is 21.9 Å². The molecule has 0 saturated heterocycles. The van der Waals surface area contributed by atoms with Crippen molar-refractivity contribution in [2.45, 2.75) is 6.18 Å². The van der Waals surface area contributed by atoms with Crippen LogP contribution in [-0.4, -0.2) is 14.8 Å². The zero-order chi connectivity index (χ0) is 24.0. The van der Waals surface area contributed by atoms with Gasteiger partial charge in [0.15, 0.2) is 5.65 Å². The fraction of sp³-hybridized carbons (Fsp3) is 0.0345. The van der Waals surface area contributed by atoms with Crippen LogP contribution < -0.4 is 0 Å². The minimum absolute atomic E-state index is 0.267. The molecule has 0 saturated carbocycles. The molecule has 0 N–H and O–H groups in total. The number of nitrogens with zero attached hydrogens (tertiary/aromatic N) is 3. The minimum atomic E-state index is -4.47. The molecule has 0 radical (unpaired) electrons. The molecule has 6 rings (SSSR count). The second kappa shape index (κ2) is 8.09. The zero-order valence-electron chi connectivity index (χ0n) is 18.4. The second-order valence-corrected chi connectivity index (χ2v) is 8.24. The number of pyridine rings is 1. The number of para-hydroxylation sites is 1. The molecule has 0 amide bonds. The van der Waals surface area contributed by atoms with Crippen molar-refractivity contribution in [3.8, 4) is 28.1 Å². The summed E-state index contributed by atoms with van der Waals surface area (Å²) in [5, 5.41) is 6.37. The van der Waals surface area contributed by atoms with Gasteiger partial charge in [0.25, 0.3) is 0 Å². The van der Waals surface area contributed by atoms with Crippen molar-refractivity contribution in [2.24, 2.45) is 0 Å². The normalized spacial score (nSPS) is 11.9. The zero-order valence-corrected chi connectivity index (χ0v) is 18.4. The molecule has 170 valence electrons. The number of benzene rings is 4.